The zero-order chi connectivity index (χ0) is 16.8. The van der Waals surface area contributed by atoms with Crippen molar-refractivity contribution in [2.24, 2.45) is 5.92 Å². The van der Waals surface area contributed by atoms with Gasteiger partial charge in [-0.25, -0.2) is 0 Å². The molecule has 0 bridgehead atoms. The summed E-state index contributed by atoms with van der Waals surface area (Å²) in [4.78, 5) is 25.9. The van der Waals surface area contributed by atoms with Crippen LogP contribution in [-0.2, 0) is 9.59 Å². The minimum Gasteiger partial charge on any atom is -0.278 e. The van der Waals surface area contributed by atoms with E-state index in [-0.39, 0.29) is 23.7 Å². The molecular formula is C20H16BrNO2. The van der Waals surface area contributed by atoms with E-state index in [1.807, 2.05) is 36.4 Å². The second kappa shape index (κ2) is 5.71. The normalized spacial score (nSPS) is 22.0. The summed E-state index contributed by atoms with van der Waals surface area (Å²) in [6.45, 7) is 1.91. The van der Waals surface area contributed by atoms with E-state index in [1.54, 1.807) is 0 Å². The fourth-order valence-corrected chi connectivity index (χ4v) is 4.07. The van der Waals surface area contributed by atoms with Crippen LogP contribution in [0.1, 0.15) is 29.5 Å². The molecule has 120 valence electrons. The molecule has 2 unspecified atom stereocenters. The minimum atomic E-state index is -0.186. The second-order valence-corrected chi connectivity index (χ2v) is 7.21. The van der Waals surface area contributed by atoms with Crippen LogP contribution < -0.4 is 0 Å². The first-order valence-corrected chi connectivity index (χ1v) is 8.74. The third-order valence-corrected chi connectivity index (χ3v) is 5.45. The van der Waals surface area contributed by atoms with Crippen LogP contribution in [0, 0.1) is 5.92 Å². The van der Waals surface area contributed by atoms with E-state index < -0.39 is 0 Å². The maximum atomic E-state index is 12.7. The van der Waals surface area contributed by atoms with Crippen LogP contribution in [0.15, 0.2) is 58.6 Å². The molecule has 2 amide bonds. The number of carbonyl (C=O) groups excluding carboxylic acids is 2. The van der Waals surface area contributed by atoms with E-state index in [0.29, 0.717) is 6.54 Å². The Balaban J connectivity index is 1.88. The Morgan fingerprint density at radius 1 is 1.12 bits per heavy atom. The highest BCUT2D eigenvalue weighted by atomic mass is 79.9. The standard InChI is InChI=1S/C20H16BrNO2/c1-12(23)22-11-18-17(20(22)24)10-14-4-2-3-5-16(14)19(18)13-6-8-15(21)9-7-13/h2-10,18-19H,11H2,1H3. The average molecular weight is 382 g/mol. The van der Waals surface area contributed by atoms with Gasteiger partial charge in [0, 0.05) is 35.4 Å². The summed E-state index contributed by atoms with van der Waals surface area (Å²) in [7, 11) is 0. The predicted molar refractivity (Wildman–Crippen MR) is 96.3 cm³/mol. The van der Waals surface area contributed by atoms with Crippen LogP contribution in [0.4, 0.5) is 0 Å². The first kappa shape index (κ1) is 15.3. The van der Waals surface area contributed by atoms with Gasteiger partial charge in [-0.05, 0) is 34.9 Å². The Labute approximate surface area is 149 Å². The highest BCUT2D eigenvalue weighted by Gasteiger charge is 2.44. The number of fused-ring (bicyclic) bond motifs is 2. The van der Waals surface area contributed by atoms with E-state index in [2.05, 4.69) is 34.1 Å². The molecule has 0 spiro atoms. The molecule has 1 saturated heterocycles. The SMILES string of the molecule is CC(=O)N1CC2C(=Cc3ccccc3C2c2ccc(Br)cc2)C1=O. The summed E-state index contributed by atoms with van der Waals surface area (Å²) >= 11 is 3.48. The topological polar surface area (TPSA) is 37.4 Å². The van der Waals surface area contributed by atoms with E-state index in [4.69, 9.17) is 0 Å². The van der Waals surface area contributed by atoms with Gasteiger partial charge in [0.2, 0.25) is 5.91 Å². The van der Waals surface area contributed by atoms with Crippen molar-refractivity contribution in [1.29, 1.82) is 0 Å². The van der Waals surface area contributed by atoms with Crippen molar-refractivity contribution in [1.82, 2.24) is 4.90 Å². The summed E-state index contributed by atoms with van der Waals surface area (Å²) in [5.74, 6) is -0.238. The van der Waals surface area contributed by atoms with Gasteiger partial charge in [-0.3, -0.25) is 14.5 Å². The summed E-state index contributed by atoms with van der Waals surface area (Å²) in [6, 6.07) is 16.4. The van der Waals surface area contributed by atoms with Crippen molar-refractivity contribution < 1.29 is 9.59 Å². The summed E-state index contributed by atoms with van der Waals surface area (Å²) < 4.78 is 1.03. The lowest BCUT2D eigenvalue weighted by Gasteiger charge is -2.30. The van der Waals surface area contributed by atoms with Gasteiger partial charge < -0.3 is 0 Å². The Hall–Kier alpha value is -2.20. The van der Waals surface area contributed by atoms with Crippen LogP contribution in [0.25, 0.3) is 6.08 Å². The van der Waals surface area contributed by atoms with Gasteiger partial charge in [0.25, 0.3) is 5.91 Å². The molecule has 1 heterocycles. The monoisotopic (exact) mass is 381 g/mol. The third-order valence-electron chi connectivity index (χ3n) is 4.92. The van der Waals surface area contributed by atoms with Crippen molar-refractivity contribution in [3.05, 3.63) is 75.3 Å². The number of carbonyl (C=O) groups is 2. The van der Waals surface area contributed by atoms with Crippen LogP contribution in [-0.4, -0.2) is 23.3 Å². The Morgan fingerprint density at radius 3 is 2.54 bits per heavy atom. The molecule has 1 fully saturated rings. The van der Waals surface area contributed by atoms with Gasteiger partial charge in [0.15, 0.2) is 0 Å². The van der Waals surface area contributed by atoms with Crippen molar-refractivity contribution in [3.63, 3.8) is 0 Å². The first-order chi connectivity index (χ1) is 11.6. The number of halogens is 1. The minimum absolute atomic E-state index is 0.0116. The zero-order valence-electron chi connectivity index (χ0n) is 13.2. The van der Waals surface area contributed by atoms with E-state index in [9.17, 15) is 9.59 Å². The maximum absolute atomic E-state index is 12.7. The quantitative estimate of drug-likeness (QED) is 0.748. The molecule has 2 aromatic carbocycles. The van der Waals surface area contributed by atoms with Crippen LogP contribution in [0.2, 0.25) is 0 Å². The van der Waals surface area contributed by atoms with E-state index >= 15 is 0 Å². The molecule has 1 aliphatic heterocycles. The molecule has 0 aromatic heterocycles. The van der Waals surface area contributed by atoms with Gasteiger partial charge >= 0.3 is 0 Å². The number of benzene rings is 2. The number of likely N-dealkylation sites (tertiary alicyclic amines) is 1. The molecule has 24 heavy (non-hydrogen) atoms. The molecule has 1 aliphatic carbocycles. The number of imide groups is 1. The fourth-order valence-electron chi connectivity index (χ4n) is 3.81. The molecule has 4 rings (SSSR count). The molecule has 0 saturated carbocycles. The zero-order valence-corrected chi connectivity index (χ0v) is 14.8. The Bertz CT molecular complexity index is 869. The molecule has 0 N–H and O–H groups in total. The van der Waals surface area contributed by atoms with Crippen LogP contribution >= 0.6 is 15.9 Å². The molecular weight excluding hydrogens is 366 g/mol. The van der Waals surface area contributed by atoms with Gasteiger partial charge in [-0.1, -0.05) is 52.3 Å². The highest BCUT2D eigenvalue weighted by Crippen LogP contribution is 2.46. The third kappa shape index (κ3) is 2.33. The average Bonchev–Trinajstić information content (AvgIpc) is 2.91. The number of nitrogens with zero attached hydrogens (tertiary/aromatic N) is 1. The number of amides is 2. The van der Waals surface area contributed by atoms with Crippen molar-refractivity contribution in [2.45, 2.75) is 12.8 Å². The lowest BCUT2D eigenvalue weighted by Crippen LogP contribution is -2.30. The van der Waals surface area contributed by atoms with Crippen LogP contribution in [0.5, 0.6) is 0 Å². The van der Waals surface area contributed by atoms with Crippen molar-refractivity contribution in [3.8, 4) is 0 Å². The van der Waals surface area contributed by atoms with Crippen molar-refractivity contribution >= 4 is 33.8 Å². The van der Waals surface area contributed by atoms with Gasteiger partial charge in [-0.2, -0.15) is 0 Å². The molecule has 4 heteroatoms. The van der Waals surface area contributed by atoms with Crippen LogP contribution in [0.3, 0.4) is 0 Å². The smallest absolute Gasteiger partial charge is 0.256 e. The number of rotatable bonds is 1. The Kier molecular flexibility index (Phi) is 3.65. The molecule has 2 aliphatic rings. The van der Waals surface area contributed by atoms with E-state index in [0.717, 1.165) is 15.6 Å². The van der Waals surface area contributed by atoms with Gasteiger partial charge in [0.05, 0.1) is 0 Å². The lowest BCUT2D eigenvalue weighted by atomic mass is 9.73. The lowest BCUT2D eigenvalue weighted by molar-refractivity contribution is -0.138. The number of hydrogen-bond acceptors (Lipinski definition) is 2. The first-order valence-electron chi connectivity index (χ1n) is 7.94. The van der Waals surface area contributed by atoms with Crippen molar-refractivity contribution in [2.75, 3.05) is 6.54 Å². The summed E-state index contributed by atoms with van der Waals surface area (Å²) in [6.07, 6.45) is 1.96. The fraction of sp³-hybridized carbons (Fsp3) is 0.200. The van der Waals surface area contributed by atoms with Gasteiger partial charge in [0.1, 0.15) is 0 Å². The maximum Gasteiger partial charge on any atom is 0.256 e. The molecule has 2 atom stereocenters. The number of hydrogen-bond donors (Lipinski definition) is 0. The van der Waals surface area contributed by atoms with E-state index in [1.165, 1.54) is 23.0 Å². The summed E-state index contributed by atoms with van der Waals surface area (Å²) in [5, 5.41) is 0. The predicted octanol–water partition coefficient (Wildman–Crippen LogP) is 3.98. The second-order valence-electron chi connectivity index (χ2n) is 6.30. The molecule has 3 nitrogen and oxygen atoms in total. The largest absolute Gasteiger partial charge is 0.278 e. The molecule has 2 aromatic rings. The van der Waals surface area contributed by atoms with Gasteiger partial charge in [-0.15, -0.1) is 0 Å². The molecule has 0 radical (unpaired) electrons. The Morgan fingerprint density at radius 2 is 1.83 bits per heavy atom. The summed E-state index contributed by atoms with van der Waals surface area (Å²) in [5.41, 5.74) is 4.19. The highest BCUT2D eigenvalue weighted by molar-refractivity contribution is 9.10.